The Kier molecular flexibility index (Phi) is 1.96. The monoisotopic (exact) mass is 180 g/mol. The van der Waals surface area contributed by atoms with Crippen molar-refractivity contribution < 1.29 is 4.39 Å². The van der Waals surface area contributed by atoms with Gasteiger partial charge in [-0.15, -0.1) is 0 Å². The normalized spacial score (nSPS) is 18.3. The van der Waals surface area contributed by atoms with Crippen molar-refractivity contribution in [3.8, 4) is 0 Å². The molecule has 0 saturated heterocycles. The van der Waals surface area contributed by atoms with E-state index in [0.717, 1.165) is 12.8 Å². The van der Waals surface area contributed by atoms with Gasteiger partial charge in [0.1, 0.15) is 5.82 Å². The summed E-state index contributed by atoms with van der Waals surface area (Å²) in [4.78, 5) is 0. The minimum Gasteiger partial charge on any atom is -0.376 e. The topological polar surface area (TPSA) is 38.0 Å². The van der Waals surface area contributed by atoms with Gasteiger partial charge in [0, 0.05) is 12.1 Å². The first-order valence-corrected chi connectivity index (χ1v) is 4.49. The van der Waals surface area contributed by atoms with E-state index < -0.39 is 0 Å². The standard InChI is InChI=1S/C10H13FN2/c11-8-3-1-2-4-9(8)13-10(7-12)5-6-10/h1-4,13H,5-7,12H2. The number of anilines is 1. The lowest BCUT2D eigenvalue weighted by atomic mass is 10.2. The second kappa shape index (κ2) is 3.00. The molecule has 0 radical (unpaired) electrons. The Morgan fingerprint density at radius 3 is 2.62 bits per heavy atom. The van der Waals surface area contributed by atoms with Crippen LogP contribution >= 0.6 is 0 Å². The smallest absolute Gasteiger partial charge is 0.146 e. The van der Waals surface area contributed by atoms with E-state index in [1.54, 1.807) is 12.1 Å². The molecular weight excluding hydrogens is 167 g/mol. The minimum absolute atomic E-state index is 0.0256. The molecule has 3 heteroatoms. The van der Waals surface area contributed by atoms with Crippen LogP contribution in [0.25, 0.3) is 0 Å². The molecule has 0 heterocycles. The number of rotatable bonds is 3. The first-order valence-electron chi connectivity index (χ1n) is 4.49. The lowest BCUT2D eigenvalue weighted by Crippen LogP contribution is -2.31. The summed E-state index contributed by atoms with van der Waals surface area (Å²) in [5.41, 5.74) is 6.12. The molecule has 70 valence electrons. The van der Waals surface area contributed by atoms with Gasteiger partial charge < -0.3 is 11.1 Å². The second-order valence-electron chi connectivity index (χ2n) is 3.59. The molecule has 3 N–H and O–H groups in total. The molecule has 0 atom stereocenters. The van der Waals surface area contributed by atoms with E-state index in [-0.39, 0.29) is 11.4 Å². The van der Waals surface area contributed by atoms with E-state index in [2.05, 4.69) is 5.32 Å². The highest BCUT2D eigenvalue weighted by Gasteiger charge is 2.41. The van der Waals surface area contributed by atoms with Crippen LogP contribution in [0.2, 0.25) is 0 Å². The van der Waals surface area contributed by atoms with Crippen molar-refractivity contribution in [2.45, 2.75) is 18.4 Å². The minimum atomic E-state index is -0.206. The average Bonchev–Trinajstić information content (AvgIpc) is 2.90. The molecule has 0 aliphatic heterocycles. The maximum absolute atomic E-state index is 13.2. The van der Waals surface area contributed by atoms with E-state index >= 15 is 0 Å². The average molecular weight is 180 g/mol. The zero-order valence-corrected chi connectivity index (χ0v) is 7.39. The molecule has 2 nitrogen and oxygen atoms in total. The Hall–Kier alpha value is -1.09. The van der Waals surface area contributed by atoms with Crippen LogP contribution in [0.15, 0.2) is 24.3 Å². The molecule has 1 aromatic rings. The molecular formula is C10H13FN2. The van der Waals surface area contributed by atoms with Crippen LogP contribution < -0.4 is 11.1 Å². The van der Waals surface area contributed by atoms with Crippen LogP contribution in [0.5, 0.6) is 0 Å². The van der Waals surface area contributed by atoms with Crippen LogP contribution in [0.1, 0.15) is 12.8 Å². The summed E-state index contributed by atoms with van der Waals surface area (Å²) in [5.74, 6) is -0.206. The van der Waals surface area contributed by atoms with Crippen molar-refractivity contribution in [3.05, 3.63) is 30.1 Å². The Morgan fingerprint density at radius 1 is 1.38 bits per heavy atom. The fourth-order valence-corrected chi connectivity index (χ4v) is 1.38. The highest BCUT2D eigenvalue weighted by Crippen LogP contribution is 2.38. The summed E-state index contributed by atoms with van der Waals surface area (Å²) in [5, 5.41) is 3.15. The van der Waals surface area contributed by atoms with Gasteiger partial charge in [0.25, 0.3) is 0 Å². The molecule has 0 spiro atoms. The summed E-state index contributed by atoms with van der Waals surface area (Å²) in [6.07, 6.45) is 2.08. The number of hydrogen-bond donors (Lipinski definition) is 2. The Balaban J connectivity index is 2.14. The van der Waals surface area contributed by atoms with E-state index in [4.69, 9.17) is 5.73 Å². The molecule has 1 aliphatic carbocycles. The third-order valence-corrected chi connectivity index (χ3v) is 2.52. The van der Waals surface area contributed by atoms with Crippen molar-refractivity contribution in [2.75, 3.05) is 11.9 Å². The summed E-state index contributed by atoms with van der Waals surface area (Å²) < 4.78 is 13.2. The first-order chi connectivity index (χ1) is 6.26. The van der Waals surface area contributed by atoms with Crippen LogP contribution in [-0.2, 0) is 0 Å². The van der Waals surface area contributed by atoms with Crippen molar-refractivity contribution in [1.82, 2.24) is 0 Å². The van der Waals surface area contributed by atoms with Crippen LogP contribution in [0.4, 0.5) is 10.1 Å². The fraction of sp³-hybridized carbons (Fsp3) is 0.400. The lowest BCUT2D eigenvalue weighted by Gasteiger charge is -2.16. The van der Waals surface area contributed by atoms with Gasteiger partial charge >= 0.3 is 0 Å². The van der Waals surface area contributed by atoms with E-state index in [1.165, 1.54) is 6.07 Å². The predicted octanol–water partition coefficient (Wildman–Crippen LogP) is 1.73. The number of halogens is 1. The quantitative estimate of drug-likeness (QED) is 0.743. The van der Waals surface area contributed by atoms with Crippen molar-refractivity contribution in [3.63, 3.8) is 0 Å². The van der Waals surface area contributed by atoms with Gasteiger partial charge in [-0.25, -0.2) is 4.39 Å². The predicted molar refractivity (Wildman–Crippen MR) is 51.0 cm³/mol. The number of benzene rings is 1. The maximum atomic E-state index is 13.2. The van der Waals surface area contributed by atoms with Crippen LogP contribution in [-0.4, -0.2) is 12.1 Å². The SMILES string of the molecule is NCC1(Nc2ccccc2F)CC1. The summed E-state index contributed by atoms with van der Waals surface area (Å²) in [7, 11) is 0. The van der Waals surface area contributed by atoms with Gasteiger partial charge in [0.05, 0.1) is 5.69 Å². The molecule has 1 aromatic carbocycles. The lowest BCUT2D eigenvalue weighted by molar-refractivity contribution is 0.622. The third kappa shape index (κ3) is 1.65. The molecule has 1 saturated carbocycles. The molecule has 1 fully saturated rings. The van der Waals surface area contributed by atoms with Crippen molar-refractivity contribution in [1.29, 1.82) is 0 Å². The number of nitrogens with one attached hydrogen (secondary N) is 1. The zero-order valence-electron chi connectivity index (χ0n) is 7.39. The molecule has 0 bridgehead atoms. The highest BCUT2D eigenvalue weighted by atomic mass is 19.1. The molecule has 13 heavy (non-hydrogen) atoms. The van der Waals surface area contributed by atoms with Gasteiger partial charge in [0.2, 0.25) is 0 Å². The largest absolute Gasteiger partial charge is 0.376 e. The maximum Gasteiger partial charge on any atom is 0.146 e. The van der Waals surface area contributed by atoms with E-state index in [0.29, 0.717) is 12.2 Å². The highest BCUT2D eigenvalue weighted by molar-refractivity contribution is 5.48. The number of nitrogens with two attached hydrogens (primary N) is 1. The second-order valence-corrected chi connectivity index (χ2v) is 3.59. The van der Waals surface area contributed by atoms with Gasteiger partial charge in [-0.05, 0) is 25.0 Å². The molecule has 0 aromatic heterocycles. The Bertz CT molecular complexity index is 308. The van der Waals surface area contributed by atoms with Crippen LogP contribution in [0.3, 0.4) is 0 Å². The number of para-hydroxylation sites is 1. The molecule has 2 rings (SSSR count). The first kappa shape index (κ1) is 8.51. The van der Waals surface area contributed by atoms with Gasteiger partial charge in [0.15, 0.2) is 0 Å². The van der Waals surface area contributed by atoms with Gasteiger partial charge in [-0.2, -0.15) is 0 Å². The van der Waals surface area contributed by atoms with Gasteiger partial charge in [-0.1, -0.05) is 12.1 Å². The van der Waals surface area contributed by atoms with Crippen LogP contribution in [0, 0.1) is 5.82 Å². The summed E-state index contributed by atoms with van der Waals surface area (Å²) >= 11 is 0. The summed E-state index contributed by atoms with van der Waals surface area (Å²) in [6.45, 7) is 0.571. The fourth-order valence-electron chi connectivity index (χ4n) is 1.38. The zero-order chi connectivity index (χ0) is 9.31. The number of hydrogen-bond acceptors (Lipinski definition) is 2. The van der Waals surface area contributed by atoms with E-state index in [1.807, 2.05) is 6.07 Å². The van der Waals surface area contributed by atoms with Crippen molar-refractivity contribution >= 4 is 5.69 Å². The molecule has 1 aliphatic rings. The third-order valence-electron chi connectivity index (χ3n) is 2.52. The Morgan fingerprint density at radius 2 is 2.08 bits per heavy atom. The molecule has 0 amide bonds. The van der Waals surface area contributed by atoms with Crippen molar-refractivity contribution in [2.24, 2.45) is 5.73 Å². The van der Waals surface area contributed by atoms with E-state index in [9.17, 15) is 4.39 Å². The van der Waals surface area contributed by atoms with Gasteiger partial charge in [-0.3, -0.25) is 0 Å². The summed E-state index contributed by atoms with van der Waals surface area (Å²) in [6, 6.07) is 6.69. The molecule has 0 unspecified atom stereocenters. The Labute approximate surface area is 76.9 Å².